The lowest BCUT2D eigenvalue weighted by atomic mass is 10.1. The van der Waals surface area contributed by atoms with Gasteiger partial charge in [0.05, 0.1) is 5.56 Å². The van der Waals surface area contributed by atoms with Crippen molar-refractivity contribution in [1.82, 2.24) is 15.1 Å². The molecule has 1 saturated heterocycles. The van der Waals surface area contributed by atoms with Gasteiger partial charge in [-0.1, -0.05) is 12.8 Å². The zero-order chi connectivity index (χ0) is 18.7. The topological polar surface area (TPSA) is 52.7 Å². The second-order valence-electron chi connectivity index (χ2n) is 6.79. The SMILES string of the molecule is O=C(NC1CCCC1)N1CCCN(C(=O)c2ccc(F)c(F)c2F)CC1. The van der Waals surface area contributed by atoms with Crippen molar-refractivity contribution >= 4 is 11.9 Å². The van der Waals surface area contributed by atoms with E-state index in [0.29, 0.717) is 26.1 Å². The van der Waals surface area contributed by atoms with E-state index < -0.39 is 28.9 Å². The Kier molecular flexibility index (Phi) is 5.68. The van der Waals surface area contributed by atoms with Crippen LogP contribution in [0, 0.1) is 17.5 Å². The minimum absolute atomic E-state index is 0.148. The summed E-state index contributed by atoms with van der Waals surface area (Å²) in [6.45, 7) is 1.35. The summed E-state index contributed by atoms with van der Waals surface area (Å²) in [5, 5.41) is 3.01. The molecule has 8 heteroatoms. The van der Waals surface area contributed by atoms with Crippen LogP contribution < -0.4 is 5.32 Å². The molecule has 1 aliphatic heterocycles. The molecule has 0 atom stereocenters. The van der Waals surface area contributed by atoms with Gasteiger partial charge >= 0.3 is 6.03 Å². The van der Waals surface area contributed by atoms with E-state index in [4.69, 9.17) is 0 Å². The predicted octanol–water partition coefficient (Wildman–Crippen LogP) is 2.90. The van der Waals surface area contributed by atoms with Gasteiger partial charge in [-0.05, 0) is 31.4 Å². The molecule has 142 valence electrons. The molecule has 2 aliphatic rings. The van der Waals surface area contributed by atoms with Gasteiger partial charge in [0.25, 0.3) is 5.91 Å². The number of carbonyl (C=O) groups is 2. The summed E-state index contributed by atoms with van der Waals surface area (Å²) in [5.74, 6) is -5.15. The van der Waals surface area contributed by atoms with Crippen LogP contribution in [0.1, 0.15) is 42.5 Å². The van der Waals surface area contributed by atoms with E-state index in [0.717, 1.165) is 37.8 Å². The molecule has 0 radical (unpaired) electrons. The highest BCUT2D eigenvalue weighted by Crippen LogP contribution is 2.19. The number of carbonyl (C=O) groups excluding carboxylic acids is 2. The van der Waals surface area contributed by atoms with Crippen molar-refractivity contribution in [2.75, 3.05) is 26.2 Å². The Morgan fingerprint density at radius 1 is 0.885 bits per heavy atom. The Bertz CT molecular complexity index is 693. The van der Waals surface area contributed by atoms with E-state index in [-0.39, 0.29) is 18.6 Å². The number of nitrogens with zero attached hydrogens (tertiary/aromatic N) is 2. The van der Waals surface area contributed by atoms with E-state index in [1.54, 1.807) is 4.90 Å². The number of halogens is 3. The lowest BCUT2D eigenvalue weighted by Gasteiger charge is -2.24. The molecule has 3 amide bonds. The Hall–Kier alpha value is -2.25. The standard InChI is InChI=1S/C18H22F3N3O2/c19-14-7-6-13(15(20)16(14)21)17(25)23-8-3-9-24(11-10-23)18(26)22-12-4-1-2-5-12/h6-7,12H,1-5,8-11H2,(H,22,26). The van der Waals surface area contributed by atoms with Gasteiger partial charge < -0.3 is 15.1 Å². The fourth-order valence-corrected chi connectivity index (χ4v) is 3.52. The molecular formula is C18H22F3N3O2. The van der Waals surface area contributed by atoms with Crippen LogP contribution >= 0.6 is 0 Å². The van der Waals surface area contributed by atoms with Crippen molar-refractivity contribution in [2.24, 2.45) is 0 Å². The highest BCUT2D eigenvalue weighted by atomic mass is 19.2. The first kappa shape index (κ1) is 18.5. The molecule has 0 bridgehead atoms. The number of rotatable bonds is 2. The highest BCUT2D eigenvalue weighted by molar-refractivity contribution is 5.94. The third kappa shape index (κ3) is 3.94. The van der Waals surface area contributed by atoms with Crippen molar-refractivity contribution in [3.05, 3.63) is 35.1 Å². The van der Waals surface area contributed by atoms with Crippen LogP contribution in [0.4, 0.5) is 18.0 Å². The molecule has 1 aliphatic carbocycles. The number of benzene rings is 1. The van der Waals surface area contributed by atoms with Crippen molar-refractivity contribution < 1.29 is 22.8 Å². The summed E-state index contributed by atoms with van der Waals surface area (Å²) in [6.07, 6.45) is 4.74. The second-order valence-corrected chi connectivity index (χ2v) is 6.79. The van der Waals surface area contributed by atoms with Gasteiger partial charge in [0, 0.05) is 32.2 Å². The molecule has 5 nitrogen and oxygen atoms in total. The number of nitrogens with one attached hydrogen (secondary N) is 1. The molecule has 1 aromatic carbocycles. The molecule has 0 aromatic heterocycles. The van der Waals surface area contributed by atoms with Gasteiger partial charge in [0.2, 0.25) is 0 Å². The van der Waals surface area contributed by atoms with Gasteiger partial charge in [-0.3, -0.25) is 4.79 Å². The molecule has 0 spiro atoms. The Morgan fingerprint density at radius 2 is 1.54 bits per heavy atom. The molecule has 1 saturated carbocycles. The van der Waals surface area contributed by atoms with Gasteiger partial charge in [-0.15, -0.1) is 0 Å². The average Bonchev–Trinajstić information content (AvgIpc) is 3.00. The molecule has 26 heavy (non-hydrogen) atoms. The first-order chi connectivity index (χ1) is 12.5. The van der Waals surface area contributed by atoms with Gasteiger partial charge in [-0.2, -0.15) is 0 Å². The lowest BCUT2D eigenvalue weighted by molar-refractivity contribution is 0.0756. The Balaban J connectivity index is 1.62. The molecule has 1 heterocycles. The Morgan fingerprint density at radius 3 is 2.27 bits per heavy atom. The van der Waals surface area contributed by atoms with Crippen LogP contribution in [0.5, 0.6) is 0 Å². The van der Waals surface area contributed by atoms with Crippen molar-refractivity contribution in [1.29, 1.82) is 0 Å². The lowest BCUT2D eigenvalue weighted by Crippen LogP contribution is -2.45. The fraction of sp³-hybridized carbons (Fsp3) is 0.556. The third-order valence-corrected chi connectivity index (χ3v) is 5.02. The molecule has 2 fully saturated rings. The van der Waals surface area contributed by atoms with Crippen LogP contribution in [0.3, 0.4) is 0 Å². The van der Waals surface area contributed by atoms with Gasteiger partial charge in [0.15, 0.2) is 17.5 Å². The highest BCUT2D eigenvalue weighted by Gasteiger charge is 2.27. The van der Waals surface area contributed by atoms with Crippen molar-refractivity contribution in [3.63, 3.8) is 0 Å². The van der Waals surface area contributed by atoms with Crippen LogP contribution in [0.25, 0.3) is 0 Å². The molecular weight excluding hydrogens is 347 g/mol. The smallest absolute Gasteiger partial charge is 0.317 e. The molecule has 1 N–H and O–H groups in total. The third-order valence-electron chi connectivity index (χ3n) is 5.02. The van der Waals surface area contributed by atoms with Crippen LogP contribution in [0.15, 0.2) is 12.1 Å². The summed E-state index contributed by atoms with van der Waals surface area (Å²) < 4.78 is 40.3. The van der Waals surface area contributed by atoms with E-state index in [1.165, 1.54) is 4.90 Å². The normalized spacial score (nSPS) is 18.7. The monoisotopic (exact) mass is 369 g/mol. The largest absolute Gasteiger partial charge is 0.337 e. The van der Waals surface area contributed by atoms with Gasteiger partial charge in [0.1, 0.15) is 0 Å². The summed E-state index contributed by atoms with van der Waals surface area (Å²) >= 11 is 0. The maximum absolute atomic E-state index is 13.9. The molecule has 0 unspecified atom stereocenters. The number of urea groups is 1. The first-order valence-corrected chi connectivity index (χ1v) is 8.95. The van der Waals surface area contributed by atoms with Crippen LogP contribution in [-0.4, -0.2) is 54.0 Å². The van der Waals surface area contributed by atoms with Crippen LogP contribution in [-0.2, 0) is 0 Å². The van der Waals surface area contributed by atoms with Crippen LogP contribution in [0.2, 0.25) is 0 Å². The summed E-state index contributed by atoms with van der Waals surface area (Å²) in [7, 11) is 0. The Labute approximate surface area is 150 Å². The quantitative estimate of drug-likeness (QED) is 0.815. The number of hydrogen-bond acceptors (Lipinski definition) is 2. The predicted molar refractivity (Wildman–Crippen MR) is 89.2 cm³/mol. The molecule has 1 aromatic rings. The van der Waals surface area contributed by atoms with E-state index >= 15 is 0 Å². The molecule has 3 rings (SSSR count). The average molecular weight is 369 g/mol. The number of amides is 3. The van der Waals surface area contributed by atoms with Gasteiger partial charge in [-0.25, -0.2) is 18.0 Å². The first-order valence-electron chi connectivity index (χ1n) is 8.95. The second kappa shape index (κ2) is 7.97. The van der Waals surface area contributed by atoms with Crippen molar-refractivity contribution in [3.8, 4) is 0 Å². The fourth-order valence-electron chi connectivity index (χ4n) is 3.52. The maximum Gasteiger partial charge on any atom is 0.317 e. The minimum atomic E-state index is -1.65. The maximum atomic E-state index is 13.9. The summed E-state index contributed by atoms with van der Waals surface area (Å²) in [5.41, 5.74) is -0.493. The van der Waals surface area contributed by atoms with Crippen molar-refractivity contribution in [2.45, 2.75) is 38.1 Å². The summed E-state index contributed by atoms with van der Waals surface area (Å²) in [6, 6.07) is 1.75. The zero-order valence-corrected chi connectivity index (χ0v) is 14.4. The minimum Gasteiger partial charge on any atom is -0.337 e. The number of hydrogen-bond donors (Lipinski definition) is 1. The van der Waals surface area contributed by atoms with E-state index in [2.05, 4.69) is 5.32 Å². The van der Waals surface area contributed by atoms with E-state index in [9.17, 15) is 22.8 Å². The zero-order valence-electron chi connectivity index (χ0n) is 14.4. The summed E-state index contributed by atoms with van der Waals surface area (Å²) in [4.78, 5) is 27.8. The van der Waals surface area contributed by atoms with E-state index in [1.807, 2.05) is 0 Å².